The van der Waals surface area contributed by atoms with Crippen LogP contribution in [0.1, 0.15) is 44.9 Å². The summed E-state index contributed by atoms with van der Waals surface area (Å²) in [5, 5.41) is 13.6. The minimum Gasteiger partial charge on any atom is -0.394 e. The van der Waals surface area contributed by atoms with E-state index in [1.54, 1.807) is 0 Å². The Morgan fingerprint density at radius 1 is 0.900 bits per heavy atom. The lowest BCUT2D eigenvalue weighted by Gasteiger charge is -2.39. The topological polar surface area (TPSA) is 38.7 Å². The van der Waals surface area contributed by atoms with Crippen LogP contribution in [0.5, 0.6) is 0 Å². The molecule has 0 spiro atoms. The molecule has 2 unspecified atom stereocenters. The standard InChI is InChI=1S/C16H29N3O/c20-12-16(17-13-1-2-13)6-5-15(11-16)19-9-7-18(8-10-19)14-3-4-14/h13-15,17,20H,1-12H2. The number of piperazine rings is 1. The van der Waals surface area contributed by atoms with Crippen LogP contribution in [0.25, 0.3) is 0 Å². The summed E-state index contributed by atoms with van der Waals surface area (Å²) in [6.07, 6.45) is 9.07. The van der Waals surface area contributed by atoms with Crippen molar-refractivity contribution in [2.24, 2.45) is 0 Å². The molecule has 2 atom stereocenters. The highest BCUT2D eigenvalue weighted by atomic mass is 16.3. The first-order valence-electron chi connectivity index (χ1n) is 8.65. The predicted octanol–water partition coefficient (Wildman–Crippen LogP) is 0.802. The van der Waals surface area contributed by atoms with Crippen molar-refractivity contribution >= 4 is 0 Å². The van der Waals surface area contributed by atoms with Crippen molar-refractivity contribution < 1.29 is 5.11 Å². The Hall–Kier alpha value is -0.160. The lowest BCUT2D eigenvalue weighted by molar-refractivity contribution is 0.0841. The molecule has 114 valence electrons. The first-order valence-corrected chi connectivity index (χ1v) is 8.65. The Kier molecular flexibility index (Phi) is 3.53. The number of nitrogens with one attached hydrogen (secondary N) is 1. The summed E-state index contributed by atoms with van der Waals surface area (Å²) >= 11 is 0. The first-order chi connectivity index (χ1) is 9.78. The molecule has 0 amide bonds. The van der Waals surface area contributed by atoms with Crippen LogP contribution in [0.15, 0.2) is 0 Å². The molecule has 0 bridgehead atoms. The van der Waals surface area contributed by atoms with Gasteiger partial charge in [-0.2, -0.15) is 0 Å². The van der Waals surface area contributed by atoms with Gasteiger partial charge in [-0.3, -0.25) is 9.80 Å². The SMILES string of the molecule is OCC1(NC2CC2)CCC(N2CCN(C3CC3)CC2)C1. The van der Waals surface area contributed by atoms with E-state index in [4.69, 9.17) is 0 Å². The molecule has 4 aliphatic rings. The average Bonchev–Trinajstić information content (AvgIpc) is 3.39. The molecule has 20 heavy (non-hydrogen) atoms. The lowest BCUT2D eigenvalue weighted by Crippen LogP contribution is -2.52. The van der Waals surface area contributed by atoms with E-state index < -0.39 is 0 Å². The third-order valence-electron chi connectivity index (χ3n) is 5.90. The van der Waals surface area contributed by atoms with Gasteiger partial charge >= 0.3 is 0 Å². The quantitative estimate of drug-likeness (QED) is 0.781. The van der Waals surface area contributed by atoms with E-state index >= 15 is 0 Å². The van der Waals surface area contributed by atoms with E-state index in [0.29, 0.717) is 18.7 Å². The van der Waals surface area contributed by atoms with Crippen LogP contribution in [0.3, 0.4) is 0 Å². The lowest BCUT2D eigenvalue weighted by atomic mass is 9.98. The fourth-order valence-corrected chi connectivity index (χ4v) is 4.30. The monoisotopic (exact) mass is 279 g/mol. The van der Waals surface area contributed by atoms with Gasteiger partial charge in [0.05, 0.1) is 6.61 Å². The summed E-state index contributed by atoms with van der Waals surface area (Å²) < 4.78 is 0. The van der Waals surface area contributed by atoms with Gasteiger partial charge in [0.25, 0.3) is 0 Å². The molecule has 1 heterocycles. The normalized spacial score (nSPS) is 40.4. The van der Waals surface area contributed by atoms with Crippen LogP contribution in [0, 0.1) is 0 Å². The number of hydrogen-bond donors (Lipinski definition) is 2. The average molecular weight is 279 g/mol. The zero-order chi connectivity index (χ0) is 13.6. The van der Waals surface area contributed by atoms with E-state index in [9.17, 15) is 5.11 Å². The molecule has 4 rings (SSSR count). The molecule has 2 N–H and O–H groups in total. The molecule has 4 heteroatoms. The molecule has 4 fully saturated rings. The molecule has 1 saturated heterocycles. The largest absolute Gasteiger partial charge is 0.394 e. The Labute approximate surface area is 122 Å². The zero-order valence-corrected chi connectivity index (χ0v) is 12.6. The third-order valence-corrected chi connectivity index (χ3v) is 5.90. The van der Waals surface area contributed by atoms with Crippen molar-refractivity contribution in [2.45, 2.75) is 68.6 Å². The second-order valence-corrected chi connectivity index (χ2v) is 7.56. The number of aliphatic hydroxyl groups excluding tert-OH is 1. The zero-order valence-electron chi connectivity index (χ0n) is 12.6. The van der Waals surface area contributed by atoms with Crippen LogP contribution < -0.4 is 5.32 Å². The molecule has 0 radical (unpaired) electrons. The van der Waals surface area contributed by atoms with Gasteiger partial charge in [-0.1, -0.05) is 0 Å². The number of rotatable bonds is 5. The predicted molar refractivity (Wildman–Crippen MR) is 79.8 cm³/mol. The van der Waals surface area contributed by atoms with Crippen LogP contribution in [-0.4, -0.2) is 71.4 Å². The van der Waals surface area contributed by atoms with Gasteiger partial charge in [-0.05, 0) is 44.9 Å². The fourth-order valence-electron chi connectivity index (χ4n) is 4.30. The van der Waals surface area contributed by atoms with Gasteiger partial charge in [0.1, 0.15) is 0 Å². The summed E-state index contributed by atoms with van der Waals surface area (Å²) in [5.41, 5.74) is 0.0411. The van der Waals surface area contributed by atoms with E-state index in [1.807, 2.05) is 0 Å². The highest BCUT2D eigenvalue weighted by molar-refractivity contribution is 5.03. The molecule has 3 aliphatic carbocycles. The van der Waals surface area contributed by atoms with E-state index in [-0.39, 0.29) is 5.54 Å². The Morgan fingerprint density at radius 3 is 2.10 bits per heavy atom. The molecule has 0 aromatic heterocycles. The Bertz CT molecular complexity index is 348. The van der Waals surface area contributed by atoms with Crippen LogP contribution in [0.4, 0.5) is 0 Å². The van der Waals surface area contributed by atoms with Crippen molar-refractivity contribution in [1.29, 1.82) is 0 Å². The van der Waals surface area contributed by atoms with Gasteiger partial charge in [0.2, 0.25) is 0 Å². The summed E-state index contributed by atoms with van der Waals surface area (Å²) in [7, 11) is 0. The molecule has 0 aromatic rings. The molecule has 0 aromatic carbocycles. The summed E-state index contributed by atoms with van der Waals surface area (Å²) in [6, 6.07) is 2.33. The number of hydrogen-bond acceptors (Lipinski definition) is 4. The van der Waals surface area contributed by atoms with Gasteiger partial charge < -0.3 is 10.4 Å². The summed E-state index contributed by atoms with van der Waals surface area (Å²) in [4.78, 5) is 5.39. The number of aliphatic hydroxyl groups is 1. The second-order valence-electron chi connectivity index (χ2n) is 7.56. The van der Waals surface area contributed by atoms with Gasteiger partial charge in [-0.25, -0.2) is 0 Å². The fraction of sp³-hybridized carbons (Fsp3) is 1.00. The first kappa shape index (κ1) is 13.5. The highest BCUT2D eigenvalue weighted by Crippen LogP contribution is 2.37. The molecule has 1 aliphatic heterocycles. The van der Waals surface area contributed by atoms with Crippen molar-refractivity contribution in [2.75, 3.05) is 32.8 Å². The molecular formula is C16H29N3O. The highest BCUT2D eigenvalue weighted by Gasteiger charge is 2.44. The molecule has 4 nitrogen and oxygen atoms in total. The summed E-state index contributed by atoms with van der Waals surface area (Å²) in [6.45, 7) is 5.34. The minimum absolute atomic E-state index is 0.0411. The summed E-state index contributed by atoms with van der Waals surface area (Å²) in [5.74, 6) is 0. The maximum absolute atomic E-state index is 9.84. The minimum atomic E-state index is 0.0411. The Morgan fingerprint density at radius 2 is 1.55 bits per heavy atom. The second kappa shape index (κ2) is 5.24. The van der Waals surface area contributed by atoms with Crippen molar-refractivity contribution in [3.63, 3.8) is 0 Å². The third kappa shape index (κ3) is 2.76. The molecular weight excluding hydrogens is 250 g/mol. The van der Waals surface area contributed by atoms with Crippen molar-refractivity contribution in [3.05, 3.63) is 0 Å². The van der Waals surface area contributed by atoms with Gasteiger partial charge in [-0.15, -0.1) is 0 Å². The van der Waals surface area contributed by atoms with E-state index in [0.717, 1.165) is 18.9 Å². The maximum atomic E-state index is 9.84. The number of nitrogens with zero attached hydrogens (tertiary/aromatic N) is 2. The maximum Gasteiger partial charge on any atom is 0.0614 e. The van der Waals surface area contributed by atoms with Gasteiger partial charge in [0, 0.05) is 49.8 Å². The molecule has 3 saturated carbocycles. The van der Waals surface area contributed by atoms with Gasteiger partial charge in [0.15, 0.2) is 0 Å². The smallest absolute Gasteiger partial charge is 0.0614 e. The Balaban J connectivity index is 1.31. The van der Waals surface area contributed by atoms with Crippen LogP contribution in [0.2, 0.25) is 0 Å². The van der Waals surface area contributed by atoms with Crippen molar-refractivity contribution in [3.8, 4) is 0 Å². The van der Waals surface area contributed by atoms with Crippen molar-refractivity contribution in [1.82, 2.24) is 15.1 Å². The van der Waals surface area contributed by atoms with Crippen LogP contribution >= 0.6 is 0 Å². The van der Waals surface area contributed by atoms with E-state index in [2.05, 4.69) is 15.1 Å². The van der Waals surface area contributed by atoms with Crippen LogP contribution in [-0.2, 0) is 0 Å². The van der Waals surface area contributed by atoms with E-state index in [1.165, 1.54) is 58.3 Å².